The summed E-state index contributed by atoms with van der Waals surface area (Å²) in [5.74, 6) is 0.156. The Kier molecular flexibility index (Phi) is 5.80. The first-order valence-electron chi connectivity index (χ1n) is 8.19. The minimum Gasteiger partial charge on any atom is -0.339 e. The number of hydrogen-bond donors (Lipinski definition) is 1. The second-order valence-corrected chi connectivity index (χ2v) is 6.25. The van der Waals surface area contributed by atoms with Gasteiger partial charge in [-0.3, -0.25) is 4.79 Å². The fraction of sp³-hybridized carbons (Fsp3) is 0.611. The SMILES string of the molecule is CCCNC1CCC(N(C)C(=O)c2cccc(C)c2)CC1. The van der Waals surface area contributed by atoms with Gasteiger partial charge in [-0.05, 0) is 57.7 Å². The molecule has 3 nitrogen and oxygen atoms in total. The van der Waals surface area contributed by atoms with Crippen molar-refractivity contribution in [3.8, 4) is 0 Å². The molecule has 1 fully saturated rings. The van der Waals surface area contributed by atoms with Gasteiger partial charge >= 0.3 is 0 Å². The van der Waals surface area contributed by atoms with Gasteiger partial charge in [0.1, 0.15) is 0 Å². The molecule has 0 unspecified atom stereocenters. The van der Waals surface area contributed by atoms with Crippen LogP contribution in [0.15, 0.2) is 24.3 Å². The van der Waals surface area contributed by atoms with Crippen molar-refractivity contribution in [1.29, 1.82) is 0 Å². The van der Waals surface area contributed by atoms with E-state index in [-0.39, 0.29) is 5.91 Å². The third kappa shape index (κ3) is 4.31. The first kappa shape index (κ1) is 16.0. The standard InChI is InChI=1S/C18H28N2O/c1-4-12-19-16-8-10-17(11-9-16)20(3)18(21)15-7-5-6-14(2)13-15/h5-7,13,16-17,19H,4,8-12H2,1-3H3. The van der Waals surface area contributed by atoms with Gasteiger partial charge < -0.3 is 10.2 Å². The summed E-state index contributed by atoms with van der Waals surface area (Å²) in [5.41, 5.74) is 1.95. The van der Waals surface area contributed by atoms with Crippen LogP contribution < -0.4 is 5.32 Å². The number of rotatable bonds is 5. The van der Waals surface area contributed by atoms with Crippen LogP contribution in [0.1, 0.15) is 54.9 Å². The monoisotopic (exact) mass is 288 g/mol. The van der Waals surface area contributed by atoms with Crippen molar-refractivity contribution in [2.75, 3.05) is 13.6 Å². The molecule has 1 aliphatic carbocycles. The molecule has 0 spiro atoms. The zero-order chi connectivity index (χ0) is 15.2. The lowest BCUT2D eigenvalue weighted by Gasteiger charge is -2.35. The molecule has 0 radical (unpaired) electrons. The number of hydrogen-bond acceptors (Lipinski definition) is 2. The molecule has 3 heteroatoms. The van der Waals surface area contributed by atoms with Gasteiger partial charge in [0.05, 0.1) is 0 Å². The summed E-state index contributed by atoms with van der Waals surface area (Å²) in [6, 6.07) is 8.91. The highest BCUT2D eigenvalue weighted by Gasteiger charge is 2.26. The number of nitrogens with one attached hydrogen (secondary N) is 1. The molecule has 1 saturated carbocycles. The second-order valence-electron chi connectivity index (χ2n) is 6.25. The van der Waals surface area contributed by atoms with E-state index in [1.807, 2.05) is 43.1 Å². The highest BCUT2D eigenvalue weighted by molar-refractivity contribution is 5.94. The van der Waals surface area contributed by atoms with Crippen LogP contribution >= 0.6 is 0 Å². The Morgan fingerprint density at radius 2 is 2.00 bits per heavy atom. The van der Waals surface area contributed by atoms with Crippen molar-refractivity contribution in [2.45, 2.75) is 58.0 Å². The summed E-state index contributed by atoms with van der Waals surface area (Å²) >= 11 is 0. The van der Waals surface area contributed by atoms with Crippen LogP contribution in [0.3, 0.4) is 0 Å². The third-order valence-electron chi connectivity index (χ3n) is 4.51. The van der Waals surface area contributed by atoms with Crippen LogP contribution in [0.2, 0.25) is 0 Å². The molecule has 1 aromatic carbocycles. The molecule has 0 heterocycles. The first-order chi connectivity index (χ1) is 10.1. The molecule has 1 N–H and O–H groups in total. The Hall–Kier alpha value is -1.35. The van der Waals surface area contributed by atoms with E-state index in [9.17, 15) is 4.79 Å². The molecule has 0 saturated heterocycles. The van der Waals surface area contributed by atoms with Crippen LogP contribution in [-0.4, -0.2) is 36.5 Å². The Morgan fingerprint density at radius 3 is 2.62 bits per heavy atom. The largest absolute Gasteiger partial charge is 0.339 e. The van der Waals surface area contributed by atoms with E-state index in [1.165, 1.54) is 19.3 Å². The molecule has 2 rings (SSSR count). The Bertz CT molecular complexity index is 464. The van der Waals surface area contributed by atoms with Crippen molar-refractivity contribution < 1.29 is 4.79 Å². The lowest BCUT2D eigenvalue weighted by atomic mass is 9.90. The van der Waals surface area contributed by atoms with Crippen molar-refractivity contribution in [3.05, 3.63) is 35.4 Å². The number of carbonyl (C=O) groups excluding carboxylic acids is 1. The summed E-state index contributed by atoms with van der Waals surface area (Å²) in [6.45, 7) is 5.34. The van der Waals surface area contributed by atoms with Gasteiger partial charge in [-0.25, -0.2) is 0 Å². The van der Waals surface area contributed by atoms with Crippen LogP contribution in [0.25, 0.3) is 0 Å². The zero-order valence-electron chi connectivity index (χ0n) is 13.6. The highest BCUT2D eigenvalue weighted by Crippen LogP contribution is 2.23. The van der Waals surface area contributed by atoms with E-state index in [2.05, 4.69) is 12.2 Å². The van der Waals surface area contributed by atoms with Crippen LogP contribution in [0, 0.1) is 6.92 Å². The molecular formula is C18H28N2O. The van der Waals surface area contributed by atoms with E-state index < -0.39 is 0 Å². The fourth-order valence-electron chi connectivity index (χ4n) is 3.16. The molecular weight excluding hydrogens is 260 g/mol. The average molecular weight is 288 g/mol. The van der Waals surface area contributed by atoms with Crippen LogP contribution in [-0.2, 0) is 0 Å². The number of carbonyl (C=O) groups is 1. The fourth-order valence-corrected chi connectivity index (χ4v) is 3.16. The van der Waals surface area contributed by atoms with E-state index in [0.29, 0.717) is 12.1 Å². The predicted octanol–water partition coefficient (Wildman–Crippen LogP) is 3.38. The molecule has 21 heavy (non-hydrogen) atoms. The van der Waals surface area contributed by atoms with Gasteiger partial charge in [0.15, 0.2) is 0 Å². The molecule has 0 aromatic heterocycles. The number of benzene rings is 1. The Labute approximate surface area is 128 Å². The normalized spacial score (nSPS) is 22.0. The highest BCUT2D eigenvalue weighted by atomic mass is 16.2. The Morgan fingerprint density at radius 1 is 1.29 bits per heavy atom. The zero-order valence-corrected chi connectivity index (χ0v) is 13.6. The minimum absolute atomic E-state index is 0.156. The van der Waals surface area contributed by atoms with E-state index >= 15 is 0 Å². The number of nitrogens with zero attached hydrogens (tertiary/aromatic N) is 1. The summed E-state index contributed by atoms with van der Waals surface area (Å²) in [6.07, 6.45) is 5.75. The lowest BCUT2D eigenvalue weighted by molar-refractivity contribution is 0.0684. The number of aryl methyl sites for hydroxylation is 1. The topological polar surface area (TPSA) is 32.3 Å². The molecule has 116 valence electrons. The van der Waals surface area contributed by atoms with Crippen molar-refractivity contribution >= 4 is 5.91 Å². The molecule has 1 amide bonds. The summed E-state index contributed by atoms with van der Waals surface area (Å²) < 4.78 is 0. The number of amides is 1. The van der Waals surface area contributed by atoms with Gasteiger partial charge in [-0.2, -0.15) is 0 Å². The average Bonchev–Trinajstić information content (AvgIpc) is 2.52. The molecule has 0 bridgehead atoms. The van der Waals surface area contributed by atoms with Crippen molar-refractivity contribution in [2.24, 2.45) is 0 Å². The van der Waals surface area contributed by atoms with Crippen molar-refractivity contribution in [3.63, 3.8) is 0 Å². The molecule has 1 aliphatic rings. The smallest absolute Gasteiger partial charge is 0.253 e. The first-order valence-corrected chi connectivity index (χ1v) is 8.19. The summed E-state index contributed by atoms with van der Waals surface area (Å²) in [5, 5.41) is 3.60. The van der Waals surface area contributed by atoms with Crippen LogP contribution in [0.4, 0.5) is 0 Å². The summed E-state index contributed by atoms with van der Waals surface area (Å²) in [7, 11) is 1.95. The van der Waals surface area contributed by atoms with Gasteiger partial charge in [-0.1, -0.05) is 24.6 Å². The van der Waals surface area contributed by atoms with Crippen molar-refractivity contribution in [1.82, 2.24) is 10.2 Å². The van der Waals surface area contributed by atoms with Gasteiger partial charge in [0, 0.05) is 24.7 Å². The predicted molar refractivity (Wildman–Crippen MR) is 87.6 cm³/mol. The van der Waals surface area contributed by atoms with Crippen LogP contribution in [0.5, 0.6) is 0 Å². The van der Waals surface area contributed by atoms with E-state index in [4.69, 9.17) is 0 Å². The maximum Gasteiger partial charge on any atom is 0.253 e. The Balaban J connectivity index is 1.89. The maximum absolute atomic E-state index is 12.6. The van der Waals surface area contributed by atoms with Gasteiger partial charge in [-0.15, -0.1) is 0 Å². The molecule has 0 atom stereocenters. The quantitative estimate of drug-likeness (QED) is 0.901. The second kappa shape index (κ2) is 7.60. The van der Waals surface area contributed by atoms with Gasteiger partial charge in [0.2, 0.25) is 0 Å². The maximum atomic E-state index is 12.6. The lowest BCUT2D eigenvalue weighted by Crippen LogP contribution is -2.43. The van der Waals surface area contributed by atoms with E-state index in [0.717, 1.165) is 30.5 Å². The summed E-state index contributed by atoms with van der Waals surface area (Å²) in [4.78, 5) is 14.5. The molecule has 0 aliphatic heterocycles. The molecule has 1 aromatic rings. The van der Waals surface area contributed by atoms with E-state index in [1.54, 1.807) is 0 Å². The third-order valence-corrected chi connectivity index (χ3v) is 4.51. The minimum atomic E-state index is 0.156. The van der Waals surface area contributed by atoms with Gasteiger partial charge in [0.25, 0.3) is 5.91 Å².